The van der Waals surface area contributed by atoms with Gasteiger partial charge in [-0.05, 0) is 55.3 Å². The zero-order valence-corrected chi connectivity index (χ0v) is 20.5. The van der Waals surface area contributed by atoms with Gasteiger partial charge in [0.15, 0.2) is 4.90 Å². The summed E-state index contributed by atoms with van der Waals surface area (Å²) in [6.07, 6.45) is 2.02. The number of aryl methyl sites for hydroxylation is 1. The van der Waals surface area contributed by atoms with E-state index in [4.69, 9.17) is 4.74 Å². The number of nitrogens with zero attached hydrogens (tertiary/aromatic N) is 2. The number of unbranched alkanes of at least 4 members (excludes halogenated alkanes) is 1. The lowest BCUT2D eigenvalue weighted by Crippen LogP contribution is -2.27. The summed E-state index contributed by atoms with van der Waals surface area (Å²) in [5, 5.41) is 11.1. The second kappa shape index (κ2) is 9.87. The average Bonchev–Trinajstić information content (AvgIpc) is 2.77. The van der Waals surface area contributed by atoms with E-state index in [0.717, 1.165) is 18.4 Å². The van der Waals surface area contributed by atoms with Crippen LogP contribution in [0.15, 0.2) is 67.6 Å². The molecular formula is C23H25BrN2O5S. The summed E-state index contributed by atoms with van der Waals surface area (Å²) < 4.78 is 33.9. The number of hydrogen-bond acceptors (Lipinski definition) is 6. The first-order valence-corrected chi connectivity index (χ1v) is 12.5. The second-order valence-electron chi connectivity index (χ2n) is 7.37. The van der Waals surface area contributed by atoms with E-state index in [-0.39, 0.29) is 4.90 Å². The lowest BCUT2D eigenvalue weighted by Gasteiger charge is -2.23. The molecule has 0 radical (unpaired) electrons. The van der Waals surface area contributed by atoms with Crippen molar-refractivity contribution < 1.29 is 18.3 Å². The summed E-state index contributed by atoms with van der Waals surface area (Å²) >= 11 is 3.27. The van der Waals surface area contributed by atoms with Crippen molar-refractivity contribution in [3.8, 4) is 11.6 Å². The summed E-state index contributed by atoms with van der Waals surface area (Å²) in [6, 6.07) is 12.6. The van der Waals surface area contributed by atoms with Crippen LogP contribution in [0.2, 0.25) is 0 Å². The fraction of sp³-hybridized carbons (Fsp3) is 0.304. The average molecular weight is 521 g/mol. The van der Waals surface area contributed by atoms with Crippen LogP contribution < -0.4 is 10.3 Å². The topological polar surface area (TPSA) is 98.5 Å². The van der Waals surface area contributed by atoms with Crippen molar-refractivity contribution in [3.05, 3.63) is 74.7 Å². The Kier molecular flexibility index (Phi) is 7.40. The molecule has 7 nitrogen and oxygen atoms in total. The molecule has 170 valence electrons. The van der Waals surface area contributed by atoms with E-state index in [2.05, 4.69) is 20.9 Å². The molecule has 0 unspecified atom stereocenters. The third kappa shape index (κ3) is 4.73. The van der Waals surface area contributed by atoms with Gasteiger partial charge in [0.05, 0.1) is 18.0 Å². The molecule has 1 aromatic heterocycles. The van der Waals surface area contributed by atoms with Gasteiger partial charge in [0.1, 0.15) is 11.6 Å². The Morgan fingerprint density at radius 2 is 1.75 bits per heavy atom. The van der Waals surface area contributed by atoms with E-state index in [0.29, 0.717) is 22.5 Å². The predicted molar refractivity (Wildman–Crippen MR) is 125 cm³/mol. The number of benzene rings is 2. The largest absolute Gasteiger partial charge is 0.497 e. The quantitative estimate of drug-likeness (QED) is 0.469. The molecule has 0 aliphatic heterocycles. The number of aromatic nitrogens is 2. The third-order valence-electron chi connectivity index (χ3n) is 5.27. The minimum absolute atomic E-state index is 0.0974. The standard InChI is InChI=1S/C23H25BrN2O5S/c1-4-5-6-20-25-22(27)21(32(29,30)19-13-9-17(24)10-14-19)23(28)26(20)15(2)16-7-11-18(31-3)12-8-16/h7-15,28H,4-6H2,1-3H3/t15-/m1/s1. The van der Waals surface area contributed by atoms with Crippen LogP contribution in [0.3, 0.4) is 0 Å². The van der Waals surface area contributed by atoms with Crippen LogP contribution in [-0.2, 0) is 16.3 Å². The molecule has 2 aromatic carbocycles. The maximum atomic E-state index is 13.3. The van der Waals surface area contributed by atoms with Crippen molar-refractivity contribution in [1.82, 2.24) is 9.55 Å². The van der Waals surface area contributed by atoms with Gasteiger partial charge in [-0.1, -0.05) is 41.4 Å². The molecule has 0 saturated carbocycles. The molecule has 3 aromatic rings. The van der Waals surface area contributed by atoms with Gasteiger partial charge in [0.25, 0.3) is 5.56 Å². The fourth-order valence-corrected chi connectivity index (χ4v) is 5.07. The third-order valence-corrected chi connectivity index (χ3v) is 7.58. The number of sulfone groups is 1. The summed E-state index contributed by atoms with van der Waals surface area (Å²) in [6.45, 7) is 3.82. The van der Waals surface area contributed by atoms with E-state index in [9.17, 15) is 18.3 Å². The van der Waals surface area contributed by atoms with Crippen molar-refractivity contribution in [2.75, 3.05) is 7.11 Å². The van der Waals surface area contributed by atoms with Gasteiger partial charge >= 0.3 is 0 Å². The van der Waals surface area contributed by atoms with Gasteiger partial charge in [-0.15, -0.1) is 0 Å². The number of methoxy groups -OCH3 is 1. The Morgan fingerprint density at radius 3 is 2.31 bits per heavy atom. The molecule has 0 saturated heterocycles. The van der Waals surface area contributed by atoms with Gasteiger partial charge in [-0.25, -0.2) is 8.42 Å². The summed E-state index contributed by atoms with van der Waals surface area (Å²) in [5.41, 5.74) is -0.161. The Morgan fingerprint density at radius 1 is 1.12 bits per heavy atom. The molecule has 32 heavy (non-hydrogen) atoms. The summed E-state index contributed by atoms with van der Waals surface area (Å²) in [7, 11) is -2.72. The highest BCUT2D eigenvalue weighted by atomic mass is 79.9. The van der Waals surface area contributed by atoms with E-state index < -0.39 is 32.2 Å². The molecule has 0 fully saturated rings. The van der Waals surface area contributed by atoms with E-state index in [1.54, 1.807) is 31.4 Å². The fourth-order valence-electron chi connectivity index (χ4n) is 3.47. The van der Waals surface area contributed by atoms with Crippen LogP contribution >= 0.6 is 15.9 Å². The maximum Gasteiger partial charge on any atom is 0.296 e. The Hall–Kier alpha value is -2.65. The molecule has 0 aliphatic rings. The molecule has 1 heterocycles. The van der Waals surface area contributed by atoms with Crippen molar-refractivity contribution in [2.24, 2.45) is 0 Å². The SMILES string of the molecule is CCCCc1nc(=O)c(S(=O)(=O)c2ccc(Br)cc2)c(O)n1[C@H](C)c1ccc(OC)cc1. The molecule has 0 bridgehead atoms. The highest BCUT2D eigenvalue weighted by molar-refractivity contribution is 9.10. The highest BCUT2D eigenvalue weighted by Crippen LogP contribution is 2.32. The van der Waals surface area contributed by atoms with Crippen LogP contribution in [0.1, 0.15) is 44.1 Å². The second-order valence-corrected chi connectivity index (χ2v) is 10.2. The molecule has 0 amide bonds. The van der Waals surface area contributed by atoms with Gasteiger partial charge < -0.3 is 9.84 Å². The Balaban J connectivity index is 2.22. The Bertz CT molecular complexity index is 1250. The van der Waals surface area contributed by atoms with Crippen molar-refractivity contribution >= 4 is 25.8 Å². The lowest BCUT2D eigenvalue weighted by molar-refractivity contribution is 0.368. The van der Waals surface area contributed by atoms with Crippen molar-refractivity contribution in [2.45, 2.75) is 48.9 Å². The first-order valence-electron chi connectivity index (χ1n) is 10.2. The molecule has 0 aliphatic carbocycles. The van der Waals surface area contributed by atoms with E-state index in [1.165, 1.54) is 16.7 Å². The molecule has 3 rings (SSSR count). The van der Waals surface area contributed by atoms with Crippen LogP contribution in [-0.4, -0.2) is 30.2 Å². The lowest BCUT2D eigenvalue weighted by atomic mass is 10.1. The van der Waals surface area contributed by atoms with E-state index >= 15 is 0 Å². The normalized spacial score (nSPS) is 12.5. The molecular weight excluding hydrogens is 496 g/mol. The zero-order chi connectivity index (χ0) is 23.5. The number of rotatable bonds is 8. The predicted octanol–water partition coefficient (Wildman–Crippen LogP) is 4.50. The summed E-state index contributed by atoms with van der Waals surface area (Å²) in [5.74, 6) is 0.405. The van der Waals surface area contributed by atoms with Gasteiger partial charge in [0.2, 0.25) is 15.7 Å². The van der Waals surface area contributed by atoms with Crippen LogP contribution in [0, 0.1) is 0 Å². The number of hydrogen-bond donors (Lipinski definition) is 1. The smallest absolute Gasteiger partial charge is 0.296 e. The minimum atomic E-state index is -4.29. The van der Waals surface area contributed by atoms with Crippen LogP contribution in [0.5, 0.6) is 11.6 Å². The number of halogens is 1. The van der Waals surface area contributed by atoms with Crippen molar-refractivity contribution in [3.63, 3.8) is 0 Å². The van der Waals surface area contributed by atoms with Crippen LogP contribution in [0.4, 0.5) is 0 Å². The number of aromatic hydroxyl groups is 1. The molecule has 0 spiro atoms. The monoisotopic (exact) mass is 520 g/mol. The Labute approximate surface area is 195 Å². The first kappa shape index (κ1) is 24.0. The van der Waals surface area contributed by atoms with Crippen molar-refractivity contribution in [1.29, 1.82) is 0 Å². The van der Waals surface area contributed by atoms with E-state index in [1.807, 2.05) is 26.0 Å². The zero-order valence-electron chi connectivity index (χ0n) is 18.1. The van der Waals surface area contributed by atoms with Gasteiger partial charge in [-0.2, -0.15) is 4.98 Å². The van der Waals surface area contributed by atoms with Crippen LogP contribution in [0.25, 0.3) is 0 Å². The summed E-state index contributed by atoms with van der Waals surface area (Å²) in [4.78, 5) is 16.1. The molecule has 9 heteroatoms. The molecule has 1 N–H and O–H groups in total. The van der Waals surface area contributed by atoms with Gasteiger partial charge in [-0.3, -0.25) is 9.36 Å². The van der Waals surface area contributed by atoms with Gasteiger partial charge in [0, 0.05) is 10.9 Å². The first-order chi connectivity index (χ1) is 15.2. The minimum Gasteiger partial charge on any atom is -0.497 e. The highest BCUT2D eigenvalue weighted by Gasteiger charge is 2.31. The molecule has 1 atom stereocenters. The number of ether oxygens (including phenoxy) is 1. The maximum absolute atomic E-state index is 13.3.